The molecule has 0 saturated heterocycles. The van der Waals surface area contributed by atoms with Gasteiger partial charge in [-0.3, -0.25) is 0 Å². The molecule has 2 unspecified atom stereocenters. The average Bonchev–Trinajstić information content (AvgIpc) is 2.49. The number of hydrogen-bond acceptors (Lipinski definition) is 3. The third kappa shape index (κ3) is 2.59. The van der Waals surface area contributed by atoms with Gasteiger partial charge in [-0.1, -0.05) is 6.92 Å². The molecule has 14 heavy (non-hydrogen) atoms. The Kier molecular flexibility index (Phi) is 4.63. The van der Waals surface area contributed by atoms with Crippen molar-refractivity contribution in [3.63, 3.8) is 0 Å². The van der Waals surface area contributed by atoms with E-state index in [0.29, 0.717) is 17.0 Å². The molecule has 5 heteroatoms. The quantitative estimate of drug-likeness (QED) is 0.894. The Balaban J connectivity index is 2.82. The lowest BCUT2D eigenvalue weighted by molar-refractivity contribution is 0.0865. The SMILES string of the molecule is CCC(CN)C(O)c1cc(Br)c(Br)o1. The van der Waals surface area contributed by atoms with Gasteiger partial charge in [0, 0.05) is 5.92 Å². The van der Waals surface area contributed by atoms with Crippen LogP contribution < -0.4 is 5.73 Å². The van der Waals surface area contributed by atoms with E-state index in [1.807, 2.05) is 6.92 Å². The summed E-state index contributed by atoms with van der Waals surface area (Å²) in [6.45, 7) is 2.45. The van der Waals surface area contributed by atoms with Gasteiger partial charge in [0.25, 0.3) is 0 Å². The molecular formula is C9H13Br2NO2. The fourth-order valence-electron chi connectivity index (χ4n) is 1.26. The molecule has 1 aromatic rings. The van der Waals surface area contributed by atoms with E-state index in [4.69, 9.17) is 10.2 Å². The number of aliphatic hydroxyl groups is 1. The highest BCUT2D eigenvalue weighted by molar-refractivity contribution is 9.13. The highest BCUT2D eigenvalue weighted by Crippen LogP contribution is 2.33. The van der Waals surface area contributed by atoms with Gasteiger partial charge in [-0.2, -0.15) is 0 Å². The van der Waals surface area contributed by atoms with Crippen LogP contribution in [0.2, 0.25) is 0 Å². The molecule has 1 heterocycles. The van der Waals surface area contributed by atoms with Crippen LogP contribution in [-0.2, 0) is 0 Å². The minimum absolute atomic E-state index is 0.0416. The lowest BCUT2D eigenvalue weighted by Gasteiger charge is -2.17. The summed E-state index contributed by atoms with van der Waals surface area (Å²) < 4.78 is 6.72. The molecule has 0 radical (unpaired) electrons. The van der Waals surface area contributed by atoms with Crippen molar-refractivity contribution in [2.24, 2.45) is 11.7 Å². The average molecular weight is 327 g/mol. The van der Waals surface area contributed by atoms with Crippen LogP contribution in [0.1, 0.15) is 25.2 Å². The van der Waals surface area contributed by atoms with E-state index in [2.05, 4.69) is 31.9 Å². The number of halogens is 2. The zero-order chi connectivity index (χ0) is 10.7. The van der Waals surface area contributed by atoms with Gasteiger partial charge in [-0.15, -0.1) is 0 Å². The third-order valence-electron chi connectivity index (χ3n) is 2.23. The second-order valence-corrected chi connectivity index (χ2v) is 4.69. The van der Waals surface area contributed by atoms with Crippen LogP contribution in [0, 0.1) is 5.92 Å². The topological polar surface area (TPSA) is 59.4 Å². The molecule has 80 valence electrons. The molecule has 0 saturated carbocycles. The Bertz CT molecular complexity index is 278. The molecule has 0 aliphatic heterocycles. The third-order valence-corrected chi connectivity index (χ3v) is 3.94. The van der Waals surface area contributed by atoms with Gasteiger partial charge in [-0.05, 0) is 50.9 Å². The summed E-state index contributed by atoms with van der Waals surface area (Å²) in [5.41, 5.74) is 5.54. The predicted molar refractivity (Wildman–Crippen MR) is 61.9 cm³/mol. The summed E-state index contributed by atoms with van der Waals surface area (Å²) in [6, 6.07) is 1.76. The first-order chi connectivity index (χ1) is 6.60. The Morgan fingerprint density at radius 2 is 2.21 bits per heavy atom. The van der Waals surface area contributed by atoms with Crippen LogP contribution in [-0.4, -0.2) is 11.7 Å². The first-order valence-corrected chi connectivity index (χ1v) is 6.01. The van der Waals surface area contributed by atoms with Gasteiger partial charge in [0.1, 0.15) is 11.9 Å². The van der Waals surface area contributed by atoms with Gasteiger partial charge < -0.3 is 15.3 Å². The molecule has 3 nitrogen and oxygen atoms in total. The molecule has 3 N–H and O–H groups in total. The first kappa shape index (κ1) is 12.2. The molecule has 2 atom stereocenters. The Labute approximate surface area is 99.9 Å². The number of nitrogens with two attached hydrogens (primary N) is 1. The second kappa shape index (κ2) is 5.30. The first-order valence-electron chi connectivity index (χ1n) is 4.43. The summed E-state index contributed by atoms with van der Waals surface area (Å²) in [7, 11) is 0. The Hall–Kier alpha value is 0.160. The molecule has 0 aliphatic carbocycles. The normalized spacial score (nSPS) is 15.5. The van der Waals surface area contributed by atoms with E-state index < -0.39 is 6.10 Å². The molecule has 0 aliphatic rings. The minimum Gasteiger partial charge on any atom is -0.450 e. The van der Waals surface area contributed by atoms with E-state index in [0.717, 1.165) is 10.9 Å². The van der Waals surface area contributed by atoms with Crippen molar-refractivity contribution in [3.05, 3.63) is 21.0 Å². The van der Waals surface area contributed by atoms with Crippen LogP contribution in [0.15, 0.2) is 19.6 Å². The fraction of sp³-hybridized carbons (Fsp3) is 0.556. The van der Waals surface area contributed by atoms with Gasteiger partial charge >= 0.3 is 0 Å². The number of rotatable bonds is 4. The predicted octanol–water partition coefficient (Wildman–Crippen LogP) is 2.82. The molecule has 1 aromatic heterocycles. The van der Waals surface area contributed by atoms with E-state index in [1.165, 1.54) is 0 Å². The van der Waals surface area contributed by atoms with Gasteiger partial charge in [0.15, 0.2) is 4.67 Å². The van der Waals surface area contributed by atoms with Gasteiger partial charge in [0.2, 0.25) is 0 Å². The van der Waals surface area contributed by atoms with E-state index in [-0.39, 0.29) is 5.92 Å². The molecule has 0 fully saturated rings. The standard InChI is InChI=1S/C9H13Br2NO2/c1-2-5(4-12)8(13)7-3-6(10)9(11)14-7/h3,5,8,13H,2,4,12H2,1H3. The van der Waals surface area contributed by atoms with E-state index in [9.17, 15) is 5.11 Å². The minimum atomic E-state index is -0.632. The van der Waals surface area contributed by atoms with Crippen molar-refractivity contribution in [1.29, 1.82) is 0 Å². The second-order valence-electron chi connectivity index (χ2n) is 3.12. The summed E-state index contributed by atoms with van der Waals surface area (Å²) in [6.07, 6.45) is 0.195. The van der Waals surface area contributed by atoms with Crippen LogP contribution in [0.25, 0.3) is 0 Å². The molecule has 0 aromatic carbocycles. The molecule has 0 amide bonds. The van der Waals surface area contributed by atoms with Crippen LogP contribution >= 0.6 is 31.9 Å². The highest BCUT2D eigenvalue weighted by Gasteiger charge is 2.22. The zero-order valence-electron chi connectivity index (χ0n) is 7.84. The summed E-state index contributed by atoms with van der Waals surface area (Å²) in [5, 5.41) is 9.90. The van der Waals surface area contributed by atoms with Crippen LogP contribution in [0.3, 0.4) is 0 Å². The fourth-order valence-corrected chi connectivity index (χ4v) is 1.87. The maximum absolute atomic E-state index is 9.90. The van der Waals surface area contributed by atoms with Crippen LogP contribution in [0.5, 0.6) is 0 Å². The molecule has 1 rings (SSSR count). The summed E-state index contributed by atoms with van der Waals surface area (Å²) in [5.74, 6) is 0.584. The van der Waals surface area contributed by atoms with Crippen molar-refractivity contribution in [2.45, 2.75) is 19.4 Å². The van der Waals surface area contributed by atoms with Crippen molar-refractivity contribution < 1.29 is 9.52 Å². The van der Waals surface area contributed by atoms with E-state index >= 15 is 0 Å². The summed E-state index contributed by atoms with van der Waals surface area (Å²) in [4.78, 5) is 0. The molecule has 0 bridgehead atoms. The maximum Gasteiger partial charge on any atom is 0.183 e. The van der Waals surface area contributed by atoms with Gasteiger partial charge in [-0.25, -0.2) is 0 Å². The van der Waals surface area contributed by atoms with Crippen molar-refractivity contribution >= 4 is 31.9 Å². The number of hydrogen-bond donors (Lipinski definition) is 2. The molecule has 0 spiro atoms. The van der Waals surface area contributed by atoms with Crippen LogP contribution in [0.4, 0.5) is 0 Å². The monoisotopic (exact) mass is 325 g/mol. The smallest absolute Gasteiger partial charge is 0.183 e. The number of aliphatic hydroxyl groups excluding tert-OH is 1. The maximum atomic E-state index is 9.90. The van der Waals surface area contributed by atoms with Crippen molar-refractivity contribution in [3.8, 4) is 0 Å². The van der Waals surface area contributed by atoms with Gasteiger partial charge in [0.05, 0.1) is 4.47 Å². The molecular weight excluding hydrogens is 314 g/mol. The number of furan rings is 1. The summed E-state index contributed by atoms with van der Waals surface area (Å²) >= 11 is 6.52. The van der Waals surface area contributed by atoms with Crippen molar-refractivity contribution in [1.82, 2.24) is 0 Å². The zero-order valence-corrected chi connectivity index (χ0v) is 11.0. The lowest BCUT2D eigenvalue weighted by Crippen LogP contribution is -2.20. The lowest BCUT2D eigenvalue weighted by atomic mass is 9.98. The highest BCUT2D eigenvalue weighted by atomic mass is 79.9. The van der Waals surface area contributed by atoms with Crippen molar-refractivity contribution in [2.75, 3.05) is 6.54 Å². The largest absolute Gasteiger partial charge is 0.450 e. The Morgan fingerprint density at radius 3 is 2.57 bits per heavy atom. The Morgan fingerprint density at radius 1 is 1.57 bits per heavy atom. The van der Waals surface area contributed by atoms with E-state index in [1.54, 1.807) is 6.07 Å².